The topological polar surface area (TPSA) is 15.6 Å². The van der Waals surface area contributed by atoms with Gasteiger partial charge in [0.2, 0.25) is 5.11 Å². The molecule has 1 unspecified atom stereocenters. The lowest BCUT2D eigenvalue weighted by Crippen LogP contribution is -2.38. The van der Waals surface area contributed by atoms with Crippen molar-refractivity contribution < 1.29 is 0 Å². The van der Waals surface area contributed by atoms with E-state index >= 15 is 0 Å². The van der Waals surface area contributed by atoms with Gasteiger partial charge < -0.3 is 4.90 Å². The Kier molecular flexibility index (Phi) is 4.83. The summed E-state index contributed by atoms with van der Waals surface area (Å²) in [5.74, 6) is 0. The molecule has 0 saturated heterocycles. The zero-order valence-electron chi connectivity index (χ0n) is 14.0. The molecule has 4 rings (SSSR count). The van der Waals surface area contributed by atoms with Gasteiger partial charge in [-0.3, -0.25) is 0 Å². The summed E-state index contributed by atoms with van der Waals surface area (Å²) in [4.78, 5) is 6.87. The molecule has 0 amide bonds. The number of aliphatic imine (C=N–C) groups is 1. The van der Waals surface area contributed by atoms with Crippen LogP contribution in [-0.2, 0) is 0 Å². The average Bonchev–Trinajstić information content (AvgIpc) is 2.70. The minimum atomic E-state index is 0.0950. The maximum atomic E-state index is 6.06. The summed E-state index contributed by atoms with van der Waals surface area (Å²) in [5, 5.41) is 1.28. The molecule has 4 heteroatoms. The zero-order valence-corrected chi connectivity index (χ0v) is 15.6. The lowest BCUT2D eigenvalue weighted by molar-refractivity contribution is 0.732. The van der Waals surface area contributed by atoms with E-state index in [-0.39, 0.29) is 6.04 Å². The monoisotopic (exact) mass is 376 g/mol. The van der Waals surface area contributed by atoms with Gasteiger partial charge in [0, 0.05) is 17.1 Å². The molecule has 0 radical (unpaired) electrons. The highest BCUT2D eigenvalue weighted by atomic mass is 35.5. The summed E-state index contributed by atoms with van der Waals surface area (Å²) in [6, 6.07) is 28.5. The fraction of sp³-hybridized carbons (Fsp3) is 0.0909. The minimum Gasteiger partial charge on any atom is -0.309 e. The van der Waals surface area contributed by atoms with Crippen LogP contribution in [0.15, 0.2) is 89.9 Å². The van der Waals surface area contributed by atoms with Gasteiger partial charge in [0.15, 0.2) is 0 Å². The number of nitrogens with zero attached hydrogens (tertiary/aromatic N) is 2. The van der Waals surface area contributed by atoms with E-state index in [2.05, 4.69) is 41.3 Å². The van der Waals surface area contributed by atoms with E-state index in [1.165, 1.54) is 5.56 Å². The molecule has 0 aromatic heterocycles. The first-order chi connectivity index (χ1) is 12.7. The molecule has 1 heterocycles. The maximum absolute atomic E-state index is 6.06. The van der Waals surface area contributed by atoms with E-state index < -0.39 is 0 Å². The van der Waals surface area contributed by atoms with Gasteiger partial charge in [-0.1, -0.05) is 72.3 Å². The zero-order chi connectivity index (χ0) is 17.9. The van der Waals surface area contributed by atoms with Crippen molar-refractivity contribution in [2.75, 3.05) is 4.90 Å². The Balaban J connectivity index is 1.79. The van der Waals surface area contributed by atoms with E-state index in [1.54, 1.807) is 0 Å². The van der Waals surface area contributed by atoms with Crippen molar-refractivity contribution in [2.45, 2.75) is 12.5 Å². The molecule has 1 aliphatic heterocycles. The molecule has 3 aromatic carbocycles. The molecule has 0 spiro atoms. The lowest BCUT2D eigenvalue weighted by Gasteiger charge is -2.36. The first kappa shape index (κ1) is 17.0. The van der Waals surface area contributed by atoms with Crippen LogP contribution in [0.3, 0.4) is 0 Å². The molecule has 0 bridgehead atoms. The van der Waals surface area contributed by atoms with Crippen molar-refractivity contribution in [3.8, 4) is 0 Å². The quantitative estimate of drug-likeness (QED) is 0.516. The Labute approximate surface area is 163 Å². The van der Waals surface area contributed by atoms with Crippen molar-refractivity contribution in [2.24, 2.45) is 4.99 Å². The van der Waals surface area contributed by atoms with Crippen molar-refractivity contribution in [3.05, 3.63) is 101 Å². The molecule has 0 N–H and O–H groups in total. The number of anilines is 1. The van der Waals surface area contributed by atoms with Crippen LogP contribution in [0.4, 0.5) is 5.69 Å². The fourth-order valence-corrected chi connectivity index (χ4v) is 3.74. The van der Waals surface area contributed by atoms with Gasteiger partial charge in [0.1, 0.15) is 0 Å². The predicted molar refractivity (Wildman–Crippen MR) is 113 cm³/mol. The molecular formula is C22H17ClN2S. The molecule has 2 nitrogen and oxygen atoms in total. The molecule has 26 heavy (non-hydrogen) atoms. The van der Waals surface area contributed by atoms with Crippen molar-refractivity contribution in [1.82, 2.24) is 0 Å². The van der Waals surface area contributed by atoms with E-state index in [0.717, 1.165) is 23.4 Å². The molecule has 1 atom stereocenters. The summed E-state index contributed by atoms with van der Waals surface area (Å²) in [7, 11) is 0. The molecule has 0 saturated carbocycles. The van der Waals surface area contributed by atoms with Crippen LogP contribution in [0.25, 0.3) is 0 Å². The van der Waals surface area contributed by atoms with E-state index in [0.29, 0.717) is 10.1 Å². The first-order valence-corrected chi connectivity index (χ1v) is 9.28. The van der Waals surface area contributed by atoms with Gasteiger partial charge in [-0.15, -0.1) is 0 Å². The van der Waals surface area contributed by atoms with Crippen molar-refractivity contribution >= 4 is 40.3 Å². The van der Waals surface area contributed by atoms with Gasteiger partial charge in [-0.25, -0.2) is 4.99 Å². The van der Waals surface area contributed by atoms with Crippen LogP contribution in [0, 0.1) is 0 Å². The largest absolute Gasteiger partial charge is 0.309 e. The summed E-state index contributed by atoms with van der Waals surface area (Å²) in [6.07, 6.45) is 0.788. The molecule has 3 aromatic rings. The van der Waals surface area contributed by atoms with Gasteiger partial charge in [-0.2, -0.15) is 0 Å². The molecule has 0 fully saturated rings. The Morgan fingerprint density at radius 1 is 0.846 bits per heavy atom. The third-order valence-electron chi connectivity index (χ3n) is 4.53. The Morgan fingerprint density at radius 3 is 2.12 bits per heavy atom. The van der Waals surface area contributed by atoms with Crippen LogP contribution in [0.2, 0.25) is 5.02 Å². The number of benzene rings is 3. The third kappa shape index (κ3) is 3.41. The second-order valence-electron chi connectivity index (χ2n) is 6.18. The fourth-order valence-electron chi connectivity index (χ4n) is 3.27. The van der Waals surface area contributed by atoms with Gasteiger partial charge in [0.05, 0.1) is 11.8 Å². The molecular weight excluding hydrogens is 360 g/mol. The SMILES string of the molecule is S=C1N=C(c2ccccc2)CC(c2ccccc2)N1c1ccc(Cl)cc1. The van der Waals surface area contributed by atoms with Crippen LogP contribution < -0.4 is 4.90 Å². The summed E-state index contributed by atoms with van der Waals surface area (Å²) >= 11 is 11.8. The third-order valence-corrected chi connectivity index (χ3v) is 5.07. The summed E-state index contributed by atoms with van der Waals surface area (Å²) in [6.45, 7) is 0. The summed E-state index contributed by atoms with van der Waals surface area (Å²) in [5.41, 5.74) is 4.36. The van der Waals surface area contributed by atoms with Gasteiger partial charge in [0.25, 0.3) is 0 Å². The Morgan fingerprint density at radius 2 is 1.46 bits per heavy atom. The van der Waals surface area contributed by atoms with E-state index in [1.807, 2.05) is 48.5 Å². The van der Waals surface area contributed by atoms with Crippen molar-refractivity contribution in [3.63, 3.8) is 0 Å². The second kappa shape index (κ2) is 7.40. The average molecular weight is 377 g/mol. The standard InChI is InChI=1S/C22H17ClN2S/c23-18-11-13-19(14-12-18)25-21(17-9-5-2-6-10-17)15-20(24-22(25)26)16-7-3-1-4-8-16/h1-14,21H,15H2. The minimum absolute atomic E-state index is 0.0950. The van der Waals surface area contributed by atoms with Gasteiger partial charge in [-0.05, 0) is 47.6 Å². The number of hydrogen-bond acceptors (Lipinski definition) is 1. The first-order valence-electron chi connectivity index (χ1n) is 8.49. The van der Waals surface area contributed by atoms with Gasteiger partial charge >= 0.3 is 0 Å². The maximum Gasteiger partial charge on any atom is 0.200 e. The van der Waals surface area contributed by atoms with Crippen molar-refractivity contribution in [1.29, 1.82) is 0 Å². The number of thiocarbonyl (C=S) groups is 1. The predicted octanol–water partition coefficient (Wildman–Crippen LogP) is 6.07. The number of hydrogen-bond donors (Lipinski definition) is 0. The van der Waals surface area contributed by atoms with E-state index in [9.17, 15) is 0 Å². The molecule has 1 aliphatic rings. The second-order valence-corrected chi connectivity index (χ2v) is 6.99. The smallest absolute Gasteiger partial charge is 0.200 e. The highest BCUT2D eigenvalue weighted by molar-refractivity contribution is 7.80. The number of rotatable bonds is 3. The van der Waals surface area contributed by atoms with Crippen LogP contribution in [-0.4, -0.2) is 10.8 Å². The molecule has 0 aliphatic carbocycles. The number of halogens is 1. The highest BCUT2D eigenvalue weighted by Gasteiger charge is 2.30. The lowest BCUT2D eigenvalue weighted by atomic mass is 9.94. The summed E-state index contributed by atoms with van der Waals surface area (Å²) < 4.78 is 0. The molecule has 128 valence electrons. The Bertz CT molecular complexity index is 937. The van der Waals surface area contributed by atoms with Crippen LogP contribution in [0.5, 0.6) is 0 Å². The highest BCUT2D eigenvalue weighted by Crippen LogP contribution is 2.35. The van der Waals surface area contributed by atoms with Crippen LogP contribution in [0.1, 0.15) is 23.6 Å². The van der Waals surface area contributed by atoms with Crippen LogP contribution >= 0.6 is 23.8 Å². The Hall–Kier alpha value is -2.49. The normalized spacial score (nSPS) is 17.1. The van der Waals surface area contributed by atoms with E-state index in [4.69, 9.17) is 28.8 Å².